The molecule has 0 spiro atoms. The maximum Gasteiger partial charge on any atom is 0.222 e. The second kappa shape index (κ2) is 5.35. The van der Waals surface area contributed by atoms with E-state index in [0.717, 1.165) is 16.6 Å². The number of anilines is 1. The zero-order chi connectivity index (χ0) is 13.1. The number of aromatic nitrogens is 2. The maximum absolute atomic E-state index is 5.74. The van der Waals surface area contributed by atoms with Gasteiger partial charge in [0.25, 0.3) is 0 Å². The molecule has 0 unspecified atom stereocenters. The number of nitrogens with two attached hydrogens (primary N) is 1. The summed E-state index contributed by atoms with van der Waals surface area (Å²) in [6, 6.07) is 7.24. The van der Waals surface area contributed by atoms with Crippen molar-refractivity contribution < 1.29 is 4.74 Å². The van der Waals surface area contributed by atoms with Crippen LogP contribution in [-0.2, 0) is 6.42 Å². The minimum Gasteiger partial charge on any atom is -0.438 e. The van der Waals surface area contributed by atoms with Crippen molar-refractivity contribution in [2.45, 2.75) is 20.3 Å². The highest BCUT2D eigenvalue weighted by molar-refractivity contribution is 9.10. The Labute approximate surface area is 114 Å². The first-order valence-corrected chi connectivity index (χ1v) is 6.45. The molecule has 5 heteroatoms. The van der Waals surface area contributed by atoms with Gasteiger partial charge in [-0.15, -0.1) is 0 Å². The first-order chi connectivity index (χ1) is 8.58. The molecule has 0 saturated carbocycles. The molecule has 0 aliphatic rings. The van der Waals surface area contributed by atoms with Gasteiger partial charge in [-0.1, -0.05) is 6.92 Å². The van der Waals surface area contributed by atoms with E-state index in [1.165, 1.54) is 0 Å². The molecule has 0 atom stereocenters. The Morgan fingerprint density at radius 2 is 2.06 bits per heavy atom. The first kappa shape index (κ1) is 12.8. The Kier molecular flexibility index (Phi) is 3.81. The second-order valence-electron chi connectivity index (χ2n) is 3.89. The molecule has 2 N–H and O–H groups in total. The number of nitrogen functional groups attached to an aromatic ring is 1. The van der Waals surface area contributed by atoms with Crippen LogP contribution in [0.5, 0.6) is 11.6 Å². The molecule has 0 radical (unpaired) electrons. The number of hydrogen-bond donors (Lipinski definition) is 1. The van der Waals surface area contributed by atoms with Crippen LogP contribution in [0.15, 0.2) is 28.7 Å². The van der Waals surface area contributed by atoms with Gasteiger partial charge < -0.3 is 10.5 Å². The predicted molar refractivity (Wildman–Crippen MR) is 74.8 cm³/mol. The van der Waals surface area contributed by atoms with Crippen molar-refractivity contribution >= 4 is 21.6 Å². The third kappa shape index (κ3) is 2.98. The molecule has 18 heavy (non-hydrogen) atoms. The highest BCUT2D eigenvalue weighted by Crippen LogP contribution is 2.30. The largest absolute Gasteiger partial charge is 0.438 e. The van der Waals surface area contributed by atoms with Crippen molar-refractivity contribution in [1.29, 1.82) is 0 Å². The van der Waals surface area contributed by atoms with E-state index in [1.807, 2.05) is 26.0 Å². The highest BCUT2D eigenvalue weighted by Gasteiger charge is 2.06. The van der Waals surface area contributed by atoms with Crippen LogP contribution >= 0.6 is 15.9 Å². The van der Waals surface area contributed by atoms with E-state index in [9.17, 15) is 0 Å². The molecule has 0 amide bonds. The Balaban J connectivity index is 2.33. The third-order valence-corrected chi connectivity index (χ3v) is 3.05. The molecule has 1 heterocycles. The average Bonchev–Trinajstić information content (AvgIpc) is 2.33. The van der Waals surface area contributed by atoms with Crippen LogP contribution in [-0.4, -0.2) is 9.97 Å². The van der Waals surface area contributed by atoms with Gasteiger partial charge in [0.1, 0.15) is 11.6 Å². The molecule has 0 aliphatic heterocycles. The summed E-state index contributed by atoms with van der Waals surface area (Å²) in [6.45, 7) is 3.89. The fourth-order valence-electron chi connectivity index (χ4n) is 1.54. The molecular formula is C13H14BrN3O. The number of benzene rings is 1. The van der Waals surface area contributed by atoms with Crippen LogP contribution in [0.1, 0.15) is 18.4 Å². The van der Waals surface area contributed by atoms with Crippen molar-refractivity contribution in [3.8, 4) is 11.6 Å². The van der Waals surface area contributed by atoms with Gasteiger partial charge in [0.15, 0.2) is 0 Å². The first-order valence-electron chi connectivity index (χ1n) is 5.66. The molecule has 1 aromatic heterocycles. The zero-order valence-corrected chi connectivity index (χ0v) is 11.9. The Morgan fingerprint density at radius 3 is 2.78 bits per heavy atom. The van der Waals surface area contributed by atoms with Gasteiger partial charge in [0.05, 0.1) is 4.47 Å². The topological polar surface area (TPSA) is 61.0 Å². The summed E-state index contributed by atoms with van der Waals surface area (Å²) in [5.74, 6) is 1.88. The predicted octanol–water partition coefficient (Wildman–Crippen LogP) is 3.48. The molecule has 0 aliphatic carbocycles. The summed E-state index contributed by atoms with van der Waals surface area (Å²) >= 11 is 3.42. The Hall–Kier alpha value is -1.62. The standard InChI is InChI=1S/C13H14BrN3O/c1-3-10-7-13(17-8(2)16-10)18-12-6-9(15)4-5-11(12)14/h4-7H,3,15H2,1-2H3. The van der Waals surface area contributed by atoms with Gasteiger partial charge in [0, 0.05) is 23.5 Å². The minimum absolute atomic E-state index is 0.533. The molecule has 94 valence electrons. The molecule has 0 saturated heterocycles. The van der Waals surface area contributed by atoms with Crippen molar-refractivity contribution in [2.75, 3.05) is 5.73 Å². The van der Waals surface area contributed by atoms with E-state index < -0.39 is 0 Å². The number of halogens is 1. The lowest BCUT2D eigenvalue weighted by molar-refractivity contribution is 0.456. The van der Waals surface area contributed by atoms with Crippen molar-refractivity contribution in [1.82, 2.24) is 9.97 Å². The molecular weight excluding hydrogens is 294 g/mol. The number of ether oxygens (including phenoxy) is 1. The van der Waals surface area contributed by atoms with E-state index in [1.54, 1.807) is 12.1 Å². The number of aryl methyl sites for hydroxylation is 2. The van der Waals surface area contributed by atoms with Crippen LogP contribution in [0.25, 0.3) is 0 Å². The molecule has 0 fully saturated rings. The maximum atomic E-state index is 5.74. The van der Waals surface area contributed by atoms with Crippen LogP contribution in [0, 0.1) is 6.92 Å². The number of rotatable bonds is 3. The molecule has 2 aromatic rings. The van der Waals surface area contributed by atoms with E-state index >= 15 is 0 Å². The fraction of sp³-hybridized carbons (Fsp3) is 0.231. The zero-order valence-electron chi connectivity index (χ0n) is 10.3. The fourth-order valence-corrected chi connectivity index (χ4v) is 1.87. The smallest absolute Gasteiger partial charge is 0.222 e. The number of nitrogens with zero attached hydrogens (tertiary/aromatic N) is 2. The Bertz CT molecular complexity index is 572. The van der Waals surface area contributed by atoms with E-state index in [-0.39, 0.29) is 0 Å². The SMILES string of the molecule is CCc1cc(Oc2cc(N)ccc2Br)nc(C)n1. The summed E-state index contributed by atoms with van der Waals surface area (Å²) in [6.07, 6.45) is 0.845. The van der Waals surface area contributed by atoms with Gasteiger partial charge in [-0.05, 0) is 41.4 Å². The van der Waals surface area contributed by atoms with Gasteiger partial charge in [-0.3, -0.25) is 0 Å². The van der Waals surface area contributed by atoms with E-state index in [4.69, 9.17) is 10.5 Å². The summed E-state index contributed by atoms with van der Waals surface area (Å²) in [5.41, 5.74) is 7.34. The van der Waals surface area contributed by atoms with Crippen LogP contribution < -0.4 is 10.5 Å². The highest BCUT2D eigenvalue weighted by atomic mass is 79.9. The number of hydrogen-bond acceptors (Lipinski definition) is 4. The van der Waals surface area contributed by atoms with Crippen LogP contribution in [0.2, 0.25) is 0 Å². The summed E-state index contributed by atoms with van der Waals surface area (Å²) < 4.78 is 6.57. The van der Waals surface area contributed by atoms with E-state index in [2.05, 4.69) is 25.9 Å². The lowest BCUT2D eigenvalue weighted by Gasteiger charge is -2.09. The quantitative estimate of drug-likeness (QED) is 0.882. The van der Waals surface area contributed by atoms with Crippen LogP contribution in [0.4, 0.5) is 5.69 Å². The summed E-state index contributed by atoms with van der Waals surface area (Å²) in [7, 11) is 0. The lowest BCUT2D eigenvalue weighted by Crippen LogP contribution is -1.98. The van der Waals surface area contributed by atoms with Crippen molar-refractivity contribution in [2.24, 2.45) is 0 Å². The monoisotopic (exact) mass is 307 g/mol. The van der Waals surface area contributed by atoms with E-state index in [0.29, 0.717) is 23.1 Å². The summed E-state index contributed by atoms with van der Waals surface area (Å²) in [5, 5.41) is 0. The van der Waals surface area contributed by atoms with Crippen molar-refractivity contribution in [3.05, 3.63) is 40.3 Å². The van der Waals surface area contributed by atoms with Crippen LogP contribution in [0.3, 0.4) is 0 Å². The summed E-state index contributed by atoms with van der Waals surface area (Å²) in [4.78, 5) is 8.56. The molecule has 1 aromatic carbocycles. The minimum atomic E-state index is 0.533. The van der Waals surface area contributed by atoms with Gasteiger partial charge in [-0.2, -0.15) is 4.98 Å². The third-order valence-electron chi connectivity index (χ3n) is 2.40. The van der Waals surface area contributed by atoms with Crippen molar-refractivity contribution in [3.63, 3.8) is 0 Å². The molecule has 0 bridgehead atoms. The van der Waals surface area contributed by atoms with Gasteiger partial charge >= 0.3 is 0 Å². The molecule has 2 rings (SSSR count). The van der Waals surface area contributed by atoms with Gasteiger partial charge in [-0.25, -0.2) is 4.98 Å². The average molecular weight is 308 g/mol. The normalized spacial score (nSPS) is 10.4. The second-order valence-corrected chi connectivity index (χ2v) is 4.74. The lowest BCUT2D eigenvalue weighted by atomic mass is 10.3. The van der Waals surface area contributed by atoms with Gasteiger partial charge in [0.2, 0.25) is 5.88 Å². The Morgan fingerprint density at radius 1 is 1.28 bits per heavy atom. The molecule has 4 nitrogen and oxygen atoms in total.